The van der Waals surface area contributed by atoms with Crippen LogP contribution in [0.1, 0.15) is 12.6 Å². The van der Waals surface area contributed by atoms with Crippen molar-refractivity contribution in [2.24, 2.45) is 5.92 Å². The van der Waals surface area contributed by atoms with E-state index in [4.69, 9.17) is 0 Å². The Balaban J connectivity index is 2.45. The molecule has 0 radical (unpaired) electrons. The third-order valence-electron chi connectivity index (χ3n) is 2.18. The van der Waals surface area contributed by atoms with Crippen LogP contribution in [0.5, 0.6) is 0 Å². The summed E-state index contributed by atoms with van der Waals surface area (Å²) in [6, 6.07) is 0. The number of fused-ring (bicyclic) bond motifs is 1. The number of thiazole rings is 1. The second-order valence-electron chi connectivity index (χ2n) is 3.11. The Morgan fingerprint density at radius 2 is 2.50 bits per heavy atom. The van der Waals surface area contributed by atoms with Crippen molar-refractivity contribution in [1.29, 1.82) is 0 Å². The average molecular weight is 182 g/mol. The van der Waals surface area contributed by atoms with Crippen molar-refractivity contribution in [1.82, 2.24) is 4.98 Å². The van der Waals surface area contributed by atoms with E-state index in [-0.39, 0.29) is 11.8 Å². The number of amides is 1. The molecular weight excluding hydrogens is 172 g/mol. The highest BCUT2D eigenvalue weighted by molar-refractivity contribution is 7.14. The molecule has 1 atom stereocenters. The topological polar surface area (TPSA) is 33.2 Å². The van der Waals surface area contributed by atoms with Gasteiger partial charge in [0.15, 0.2) is 0 Å². The minimum atomic E-state index is 0.0876. The van der Waals surface area contributed by atoms with Gasteiger partial charge in [0, 0.05) is 19.4 Å². The molecule has 2 rings (SSSR count). The van der Waals surface area contributed by atoms with Crippen LogP contribution >= 0.6 is 11.3 Å². The molecule has 1 aliphatic heterocycles. The van der Waals surface area contributed by atoms with E-state index in [0.29, 0.717) is 0 Å². The first-order valence-electron chi connectivity index (χ1n) is 3.90. The second kappa shape index (κ2) is 2.55. The maximum absolute atomic E-state index is 11.5. The molecule has 0 fully saturated rings. The van der Waals surface area contributed by atoms with Crippen LogP contribution in [0.15, 0.2) is 5.51 Å². The normalized spacial score (nSPS) is 22.7. The zero-order chi connectivity index (χ0) is 8.72. The molecule has 64 valence electrons. The van der Waals surface area contributed by atoms with Gasteiger partial charge < -0.3 is 4.90 Å². The summed E-state index contributed by atoms with van der Waals surface area (Å²) in [4.78, 5) is 17.4. The van der Waals surface area contributed by atoms with Crippen LogP contribution in [0.25, 0.3) is 0 Å². The fourth-order valence-electron chi connectivity index (χ4n) is 1.48. The Morgan fingerprint density at radius 3 is 3.25 bits per heavy atom. The lowest BCUT2D eigenvalue weighted by atomic mass is 10.0. The number of rotatable bonds is 0. The van der Waals surface area contributed by atoms with Crippen LogP contribution in [-0.2, 0) is 11.2 Å². The molecule has 1 aliphatic rings. The Hall–Kier alpha value is -0.900. The number of hydrogen-bond acceptors (Lipinski definition) is 3. The maximum Gasteiger partial charge on any atom is 0.230 e. The van der Waals surface area contributed by atoms with Crippen molar-refractivity contribution in [3.05, 3.63) is 11.2 Å². The molecule has 0 spiro atoms. The van der Waals surface area contributed by atoms with Gasteiger partial charge in [-0.3, -0.25) is 4.79 Å². The van der Waals surface area contributed by atoms with Crippen LogP contribution in [0, 0.1) is 5.92 Å². The van der Waals surface area contributed by atoms with E-state index in [1.54, 1.807) is 10.4 Å². The number of carbonyl (C=O) groups is 1. The lowest BCUT2D eigenvalue weighted by molar-refractivity contribution is -0.121. The molecular formula is C8H10N2OS. The lowest BCUT2D eigenvalue weighted by Crippen LogP contribution is -2.36. The van der Waals surface area contributed by atoms with E-state index in [1.165, 1.54) is 11.3 Å². The van der Waals surface area contributed by atoms with Gasteiger partial charge in [-0.15, -0.1) is 11.3 Å². The van der Waals surface area contributed by atoms with E-state index in [0.717, 1.165) is 17.1 Å². The summed E-state index contributed by atoms with van der Waals surface area (Å²) in [5.74, 6) is 0.288. The van der Waals surface area contributed by atoms with Crippen molar-refractivity contribution in [3.63, 3.8) is 0 Å². The number of aromatic nitrogens is 1. The molecule has 0 saturated carbocycles. The van der Waals surface area contributed by atoms with Gasteiger partial charge in [0.05, 0.1) is 11.2 Å². The number of hydrogen-bond donors (Lipinski definition) is 0. The number of anilines is 1. The van der Waals surface area contributed by atoms with Crippen molar-refractivity contribution >= 4 is 22.2 Å². The summed E-state index contributed by atoms with van der Waals surface area (Å²) >= 11 is 1.53. The minimum Gasteiger partial charge on any atom is -0.305 e. The molecule has 12 heavy (non-hydrogen) atoms. The molecule has 1 amide bonds. The van der Waals surface area contributed by atoms with E-state index in [1.807, 2.05) is 14.0 Å². The zero-order valence-electron chi connectivity index (χ0n) is 7.07. The van der Waals surface area contributed by atoms with Crippen LogP contribution in [0.4, 0.5) is 5.00 Å². The summed E-state index contributed by atoms with van der Waals surface area (Å²) in [7, 11) is 1.81. The molecule has 0 aliphatic carbocycles. The van der Waals surface area contributed by atoms with E-state index in [2.05, 4.69) is 4.98 Å². The molecule has 0 N–H and O–H groups in total. The zero-order valence-corrected chi connectivity index (χ0v) is 7.89. The van der Waals surface area contributed by atoms with Crippen LogP contribution in [0.3, 0.4) is 0 Å². The molecule has 1 aromatic rings. The summed E-state index contributed by atoms with van der Waals surface area (Å²) in [5, 5.41) is 1.01. The molecule has 1 aromatic heterocycles. The fourth-order valence-corrected chi connectivity index (χ4v) is 2.28. The molecule has 0 aromatic carbocycles. The maximum atomic E-state index is 11.5. The lowest BCUT2D eigenvalue weighted by Gasteiger charge is -2.25. The first-order valence-corrected chi connectivity index (χ1v) is 4.78. The summed E-state index contributed by atoms with van der Waals surface area (Å²) in [6.07, 6.45) is 0.794. The summed E-state index contributed by atoms with van der Waals surface area (Å²) in [5.41, 5.74) is 2.86. The van der Waals surface area contributed by atoms with Gasteiger partial charge in [-0.05, 0) is 0 Å². The van der Waals surface area contributed by atoms with Gasteiger partial charge in [0.2, 0.25) is 5.91 Å². The third-order valence-corrected chi connectivity index (χ3v) is 3.12. The van der Waals surface area contributed by atoms with E-state index < -0.39 is 0 Å². The SMILES string of the molecule is CC1Cc2ncsc2N(C)C1=O. The summed E-state index contributed by atoms with van der Waals surface area (Å²) < 4.78 is 0. The van der Waals surface area contributed by atoms with Gasteiger partial charge in [-0.2, -0.15) is 0 Å². The molecule has 1 unspecified atom stereocenters. The van der Waals surface area contributed by atoms with Crippen molar-refractivity contribution in [2.45, 2.75) is 13.3 Å². The van der Waals surface area contributed by atoms with E-state index >= 15 is 0 Å². The highest BCUT2D eigenvalue weighted by Crippen LogP contribution is 2.31. The predicted octanol–water partition coefficient (Wildman–Crippen LogP) is 1.30. The van der Waals surface area contributed by atoms with Crippen LogP contribution in [0.2, 0.25) is 0 Å². The standard InChI is InChI=1S/C8H10N2OS/c1-5-3-6-8(12-4-9-6)10(2)7(5)11/h4-5H,3H2,1-2H3. The van der Waals surface area contributed by atoms with Gasteiger partial charge >= 0.3 is 0 Å². The second-order valence-corrected chi connectivity index (χ2v) is 3.94. The van der Waals surface area contributed by atoms with Crippen molar-refractivity contribution < 1.29 is 4.79 Å². The fraction of sp³-hybridized carbons (Fsp3) is 0.500. The van der Waals surface area contributed by atoms with Gasteiger partial charge in [0.25, 0.3) is 0 Å². The molecule has 3 nitrogen and oxygen atoms in total. The first-order chi connectivity index (χ1) is 5.70. The highest BCUT2D eigenvalue weighted by atomic mass is 32.1. The van der Waals surface area contributed by atoms with Crippen molar-refractivity contribution in [3.8, 4) is 0 Å². The number of carbonyl (C=O) groups excluding carboxylic acids is 1. The average Bonchev–Trinajstić information content (AvgIpc) is 2.48. The Morgan fingerprint density at radius 1 is 1.75 bits per heavy atom. The Bertz CT molecular complexity index is 321. The van der Waals surface area contributed by atoms with E-state index in [9.17, 15) is 4.79 Å². The quantitative estimate of drug-likeness (QED) is 0.606. The monoisotopic (exact) mass is 182 g/mol. The Kier molecular flexibility index (Phi) is 1.65. The van der Waals surface area contributed by atoms with Gasteiger partial charge in [0.1, 0.15) is 5.00 Å². The molecule has 0 saturated heterocycles. The molecule has 0 bridgehead atoms. The predicted molar refractivity (Wildman–Crippen MR) is 48.4 cm³/mol. The Labute approximate surface area is 75.0 Å². The highest BCUT2D eigenvalue weighted by Gasteiger charge is 2.28. The van der Waals surface area contributed by atoms with Crippen LogP contribution in [-0.4, -0.2) is 17.9 Å². The number of nitrogens with zero attached hydrogens (tertiary/aromatic N) is 2. The van der Waals surface area contributed by atoms with Crippen LogP contribution < -0.4 is 4.90 Å². The minimum absolute atomic E-state index is 0.0876. The molecule has 2 heterocycles. The smallest absolute Gasteiger partial charge is 0.230 e. The molecule has 4 heteroatoms. The largest absolute Gasteiger partial charge is 0.305 e. The third kappa shape index (κ3) is 0.948. The summed E-state index contributed by atoms with van der Waals surface area (Å²) in [6.45, 7) is 1.95. The van der Waals surface area contributed by atoms with Gasteiger partial charge in [-0.1, -0.05) is 6.92 Å². The van der Waals surface area contributed by atoms with Gasteiger partial charge in [-0.25, -0.2) is 4.98 Å². The first kappa shape index (κ1) is 7.73. The van der Waals surface area contributed by atoms with Crippen molar-refractivity contribution in [2.75, 3.05) is 11.9 Å².